The lowest BCUT2D eigenvalue weighted by atomic mass is 10.2. The second-order valence-corrected chi connectivity index (χ2v) is 6.92. The molecule has 0 aliphatic carbocycles. The maximum absolute atomic E-state index is 14.3. The number of hydrogen-bond acceptors (Lipinski definition) is 6. The van der Waals surface area contributed by atoms with Gasteiger partial charge in [0.05, 0.1) is 27.4 Å². The quantitative estimate of drug-likeness (QED) is 0.275. The van der Waals surface area contributed by atoms with Crippen LogP contribution in [0.5, 0.6) is 11.8 Å². The first-order valence-corrected chi connectivity index (χ1v) is 9.25. The Labute approximate surface area is 178 Å². The molecule has 0 spiro atoms. The molecule has 0 radical (unpaired) electrons. The number of nitrogens with zero attached hydrogens (tertiary/aromatic N) is 1. The number of aromatic nitrogens is 1. The van der Waals surface area contributed by atoms with Crippen LogP contribution in [0.2, 0.25) is 0 Å². The third-order valence-corrected chi connectivity index (χ3v) is 4.40. The van der Waals surface area contributed by atoms with E-state index in [9.17, 15) is 22.4 Å². The third-order valence-electron chi connectivity index (χ3n) is 3.87. The van der Waals surface area contributed by atoms with Gasteiger partial charge in [0.2, 0.25) is 11.8 Å². The van der Waals surface area contributed by atoms with Crippen LogP contribution >= 0.6 is 15.9 Å². The molecular formula is C19H18BrF4NO5. The van der Waals surface area contributed by atoms with Crippen LogP contribution in [0.15, 0.2) is 42.5 Å². The Balaban J connectivity index is 2.21. The number of hydrogen-bond donors (Lipinski definition) is 0. The van der Waals surface area contributed by atoms with Crippen LogP contribution in [0.3, 0.4) is 0 Å². The zero-order chi connectivity index (χ0) is 22.4. The van der Waals surface area contributed by atoms with Gasteiger partial charge in [-0.15, -0.1) is 0 Å². The summed E-state index contributed by atoms with van der Waals surface area (Å²) >= 11 is 1.65. The zero-order valence-corrected chi connectivity index (χ0v) is 17.5. The van der Waals surface area contributed by atoms with E-state index in [-0.39, 0.29) is 23.9 Å². The Morgan fingerprint density at radius 1 is 1.07 bits per heavy atom. The minimum absolute atomic E-state index is 0.0865. The summed E-state index contributed by atoms with van der Waals surface area (Å²) < 4.78 is 75.1. The van der Waals surface area contributed by atoms with Crippen molar-refractivity contribution in [3.8, 4) is 11.8 Å². The van der Waals surface area contributed by atoms with Crippen molar-refractivity contribution >= 4 is 21.9 Å². The van der Waals surface area contributed by atoms with Gasteiger partial charge in [0.25, 0.3) is 0 Å². The van der Waals surface area contributed by atoms with Crippen molar-refractivity contribution < 1.29 is 41.3 Å². The normalized spacial score (nSPS) is 12.9. The second-order valence-electron chi connectivity index (χ2n) is 5.93. The van der Waals surface area contributed by atoms with Gasteiger partial charge in [-0.05, 0) is 27.6 Å². The molecule has 0 saturated heterocycles. The van der Waals surface area contributed by atoms with Crippen LogP contribution in [0.4, 0.5) is 17.6 Å². The molecule has 1 heterocycles. The number of ether oxygens (including phenoxy) is 4. The number of pyridine rings is 1. The van der Waals surface area contributed by atoms with Gasteiger partial charge in [-0.3, -0.25) is 0 Å². The van der Waals surface area contributed by atoms with E-state index in [2.05, 4.69) is 4.98 Å². The van der Waals surface area contributed by atoms with E-state index < -0.39 is 29.4 Å². The standard InChI is InChI=1S/C19H18BrF4NO5/c1-27-15-9-8-13(16(25-15)28-2)17(26)30-14(18(21,22)19(20,23)24)11-29-10-12-6-4-3-5-7-12/h3-9,14H,10-11H2,1-2H3. The van der Waals surface area contributed by atoms with E-state index in [1.165, 1.54) is 20.3 Å². The molecule has 11 heteroatoms. The number of rotatable bonds is 10. The maximum Gasteiger partial charge on any atom is 0.367 e. The summed E-state index contributed by atoms with van der Waals surface area (Å²) in [5, 5.41) is 0. The van der Waals surface area contributed by atoms with Crippen molar-refractivity contribution in [2.24, 2.45) is 0 Å². The van der Waals surface area contributed by atoms with Crippen molar-refractivity contribution in [1.29, 1.82) is 0 Å². The topological polar surface area (TPSA) is 66.9 Å². The highest BCUT2D eigenvalue weighted by Crippen LogP contribution is 2.43. The minimum Gasteiger partial charge on any atom is -0.481 e. The number of benzene rings is 1. The Morgan fingerprint density at radius 2 is 1.73 bits per heavy atom. The predicted molar refractivity (Wildman–Crippen MR) is 101 cm³/mol. The van der Waals surface area contributed by atoms with Gasteiger partial charge in [-0.25, -0.2) is 4.79 Å². The summed E-state index contributed by atoms with van der Waals surface area (Å²) in [5.74, 6) is -6.31. The van der Waals surface area contributed by atoms with Crippen LogP contribution in [0.1, 0.15) is 15.9 Å². The molecule has 0 bridgehead atoms. The summed E-state index contributed by atoms with van der Waals surface area (Å²) in [7, 11) is 2.50. The molecule has 0 amide bonds. The molecule has 2 aromatic rings. The molecule has 1 atom stereocenters. The molecule has 0 fully saturated rings. The molecule has 0 aliphatic rings. The van der Waals surface area contributed by atoms with Gasteiger partial charge in [0.15, 0.2) is 6.10 Å². The molecule has 0 N–H and O–H groups in total. The zero-order valence-electron chi connectivity index (χ0n) is 15.9. The molecular weight excluding hydrogens is 478 g/mol. The first kappa shape index (κ1) is 23.9. The molecule has 2 rings (SSSR count). The van der Waals surface area contributed by atoms with Gasteiger partial charge in [0, 0.05) is 6.07 Å². The van der Waals surface area contributed by atoms with Crippen LogP contribution in [0, 0.1) is 0 Å². The van der Waals surface area contributed by atoms with Crippen molar-refractivity contribution in [2.45, 2.75) is 23.5 Å². The van der Waals surface area contributed by atoms with Crippen LogP contribution in [0.25, 0.3) is 0 Å². The maximum atomic E-state index is 14.3. The van der Waals surface area contributed by atoms with Gasteiger partial charge >= 0.3 is 16.7 Å². The van der Waals surface area contributed by atoms with E-state index in [1.54, 1.807) is 46.3 Å². The van der Waals surface area contributed by atoms with Crippen LogP contribution < -0.4 is 9.47 Å². The fourth-order valence-electron chi connectivity index (χ4n) is 2.29. The van der Waals surface area contributed by atoms with Gasteiger partial charge in [-0.1, -0.05) is 30.3 Å². The molecule has 6 nitrogen and oxygen atoms in total. The van der Waals surface area contributed by atoms with Gasteiger partial charge in [-0.2, -0.15) is 22.5 Å². The first-order valence-electron chi connectivity index (χ1n) is 8.46. The molecule has 164 valence electrons. The number of carbonyl (C=O) groups is 1. The number of halogens is 5. The Bertz CT molecular complexity index is 849. The summed E-state index contributed by atoms with van der Waals surface area (Å²) in [5.41, 5.74) is 0.276. The lowest BCUT2D eigenvalue weighted by molar-refractivity contribution is -0.218. The van der Waals surface area contributed by atoms with E-state index in [4.69, 9.17) is 18.9 Å². The summed E-state index contributed by atoms with van der Waals surface area (Å²) in [4.78, 5) is 11.6. The van der Waals surface area contributed by atoms with Crippen molar-refractivity contribution in [3.63, 3.8) is 0 Å². The molecule has 1 unspecified atom stereocenters. The van der Waals surface area contributed by atoms with Crippen LogP contribution in [-0.4, -0.2) is 48.6 Å². The summed E-state index contributed by atoms with van der Waals surface area (Å²) in [6.45, 7) is -1.13. The number of carbonyl (C=O) groups excluding carboxylic acids is 1. The number of alkyl halides is 5. The fourth-order valence-corrected chi connectivity index (χ4v) is 2.55. The minimum atomic E-state index is -4.77. The monoisotopic (exact) mass is 495 g/mol. The molecule has 0 aliphatic heterocycles. The van der Waals surface area contributed by atoms with E-state index in [1.807, 2.05) is 0 Å². The Kier molecular flexibility index (Phi) is 8.02. The average Bonchev–Trinajstić information content (AvgIpc) is 2.72. The van der Waals surface area contributed by atoms with Crippen molar-refractivity contribution in [3.05, 3.63) is 53.6 Å². The lowest BCUT2D eigenvalue weighted by Gasteiger charge is -2.29. The lowest BCUT2D eigenvalue weighted by Crippen LogP contribution is -2.50. The van der Waals surface area contributed by atoms with Gasteiger partial charge in [0.1, 0.15) is 5.56 Å². The first-order chi connectivity index (χ1) is 14.1. The smallest absolute Gasteiger partial charge is 0.367 e. The fraction of sp³-hybridized carbons (Fsp3) is 0.368. The van der Waals surface area contributed by atoms with E-state index in [0.29, 0.717) is 5.56 Å². The highest BCUT2D eigenvalue weighted by Gasteiger charge is 2.61. The molecule has 0 saturated carbocycles. The predicted octanol–water partition coefficient (Wildman–Crippen LogP) is 4.46. The van der Waals surface area contributed by atoms with E-state index in [0.717, 1.165) is 6.07 Å². The highest BCUT2D eigenvalue weighted by atomic mass is 79.9. The number of esters is 1. The van der Waals surface area contributed by atoms with E-state index >= 15 is 0 Å². The molecule has 1 aromatic heterocycles. The molecule has 30 heavy (non-hydrogen) atoms. The second kappa shape index (κ2) is 10.1. The number of methoxy groups -OCH3 is 2. The largest absolute Gasteiger partial charge is 0.481 e. The highest BCUT2D eigenvalue weighted by molar-refractivity contribution is 9.10. The van der Waals surface area contributed by atoms with Crippen molar-refractivity contribution in [2.75, 3.05) is 20.8 Å². The van der Waals surface area contributed by atoms with Crippen molar-refractivity contribution in [1.82, 2.24) is 4.98 Å². The average molecular weight is 496 g/mol. The van der Waals surface area contributed by atoms with Crippen LogP contribution in [-0.2, 0) is 16.1 Å². The summed E-state index contributed by atoms with van der Waals surface area (Å²) in [6, 6.07) is 10.9. The third kappa shape index (κ3) is 5.82. The SMILES string of the molecule is COc1ccc(C(=O)OC(COCc2ccccc2)C(F)(F)C(F)(F)Br)c(OC)n1. The molecule has 1 aromatic carbocycles. The van der Waals surface area contributed by atoms with Gasteiger partial charge < -0.3 is 18.9 Å². The Morgan fingerprint density at radius 3 is 2.30 bits per heavy atom. The summed E-state index contributed by atoms with van der Waals surface area (Å²) in [6.07, 6.45) is -2.60. The Hall–Kier alpha value is -2.40.